The van der Waals surface area contributed by atoms with Crippen molar-refractivity contribution in [3.8, 4) is 17.3 Å². The molecule has 0 radical (unpaired) electrons. The van der Waals surface area contributed by atoms with Gasteiger partial charge in [-0.25, -0.2) is 15.0 Å². The number of rotatable bonds is 12. The maximum absolute atomic E-state index is 13.2. The van der Waals surface area contributed by atoms with Crippen LogP contribution in [0.5, 0.6) is 0 Å². The molecule has 4 aromatic rings. The second-order valence-corrected chi connectivity index (χ2v) is 11.6. The zero-order valence-corrected chi connectivity index (χ0v) is 26.2. The molecule has 1 aliphatic rings. The molecule has 3 N–H and O–H groups in total. The van der Waals surface area contributed by atoms with Gasteiger partial charge in [-0.15, -0.1) is 0 Å². The summed E-state index contributed by atoms with van der Waals surface area (Å²) in [7, 11) is 2.13. The Morgan fingerprint density at radius 2 is 1.86 bits per heavy atom. The standard InChI is InChI=1S/C32H39ClN10O/c1-4-22(2)26-17-24(33)6-7-25(26)27-18-30-39-28(31(44)36-11-12-42-15-13-41(3)14-16-42)21-43(30)32(40-27)37-10-9-35-29-8-5-23(19-34)20-38-29/h5-8,17-18,20-22H,4,9-16H2,1-3H3,(H,35,38)(H,36,44)(H,37,40). The zero-order valence-electron chi connectivity index (χ0n) is 25.5. The van der Waals surface area contributed by atoms with Gasteiger partial charge in [-0.2, -0.15) is 5.26 Å². The van der Waals surface area contributed by atoms with Gasteiger partial charge in [0.2, 0.25) is 5.95 Å². The maximum Gasteiger partial charge on any atom is 0.271 e. The van der Waals surface area contributed by atoms with E-state index in [1.807, 2.05) is 28.7 Å². The number of amides is 1. The van der Waals surface area contributed by atoms with E-state index in [0.29, 0.717) is 53.3 Å². The highest BCUT2D eigenvalue weighted by molar-refractivity contribution is 6.30. The number of aromatic nitrogens is 4. The van der Waals surface area contributed by atoms with Crippen molar-refractivity contribution in [1.82, 2.24) is 34.5 Å². The van der Waals surface area contributed by atoms with Crippen molar-refractivity contribution < 1.29 is 4.79 Å². The number of anilines is 2. The van der Waals surface area contributed by atoms with E-state index in [1.165, 1.54) is 6.20 Å². The fourth-order valence-electron chi connectivity index (χ4n) is 5.17. The van der Waals surface area contributed by atoms with Crippen LogP contribution in [0.25, 0.3) is 16.9 Å². The molecule has 1 aromatic carbocycles. The average Bonchev–Trinajstić information content (AvgIpc) is 3.48. The SMILES string of the molecule is CCC(C)c1cc(Cl)ccc1-c1cc2nc(C(=O)NCCN3CCN(C)CC3)cn2c(NCCNc2ccc(C#N)cn2)n1. The molecule has 1 amide bonds. The van der Waals surface area contributed by atoms with Gasteiger partial charge in [-0.1, -0.05) is 31.5 Å². The Kier molecular flexibility index (Phi) is 10.3. The molecule has 12 heteroatoms. The Morgan fingerprint density at radius 1 is 1.07 bits per heavy atom. The van der Waals surface area contributed by atoms with Crippen molar-refractivity contribution in [2.45, 2.75) is 26.2 Å². The predicted molar refractivity (Wildman–Crippen MR) is 174 cm³/mol. The van der Waals surface area contributed by atoms with Gasteiger partial charge in [0.15, 0.2) is 0 Å². The second kappa shape index (κ2) is 14.5. The number of piperazine rings is 1. The summed E-state index contributed by atoms with van der Waals surface area (Å²) in [6, 6.07) is 13.4. The number of nitrogens with zero attached hydrogens (tertiary/aromatic N) is 7. The first-order valence-corrected chi connectivity index (χ1v) is 15.5. The van der Waals surface area contributed by atoms with E-state index < -0.39 is 0 Å². The van der Waals surface area contributed by atoms with E-state index in [-0.39, 0.29) is 11.8 Å². The molecule has 1 atom stereocenters. The van der Waals surface area contributed by atoms with Crippen LogP contribution in [0.15, 0.2) is 48.8 Å². The van der Waals surface area contributed by atoms with Crippen LogP contribution in [0.1, 0.15) is 47.8 Å². The van der Waals surface area contributed by atoms with E-state index in [0.717, 1.165) is 56.0 Å². The van der Waals surface area contributed by atoms with Crippen LogP contribution >= 0.6 is 11.6 Å². The van der Waals surface area contributed by atoms with Gasteiger partial charge in [-0.05, 0) is 49.2 Å². The Hall–Kier alpha value is -4.24. The van der Waals surface area contributed by atoms with Gasteiger partial charge in [0.25, 0.3) is 5.91 Å². The van der Waals surface area contributed by atoms with Crippen LogP contribution in [0.3, 0.4) is 0 Å². The lowest BCUT2D eigenvalue weighted by Crippen LogP contribution is -2.46. The van der Waals surface area contributed by atoms with E-state index in [2.05, 4.69) is 57.7 Å². The van der Waals surface area contributed by atoms with Crippen molar-refractivity contribution in [2.24, 2.45) is 0 Å². The Labute approximate surface area is 263 Å². The summed E-state index contributed by atoms with van der Waals surface area (Å²) >= 11 is 6.39. The number of hydrogen-bond acceptors (Lipinski definition) is 9. The minimum atomic E-state index is -0.212. The van der Waals surface area contributed by atoms with Crippen molar-refractivity contribution in [1.29, 1.82) is 5.26 Å². The molecule has 11 nitrogen and oxygen atoms in total. The van der Waals surface area contributed by atoms with Crippen molar-refractivity contribution in [2.75, 3.05) is 70.0 Å². The molecule has 230 valence electrons. The lowest BCUT2D eigenvalue weighted by molar-refractivity contribution is 0.0936. The highest BCUT2D eigenvalue weighted by Crippen LogP contribution is 2.33. The third-order valence-corrected chi connectivity index (χ3v) is 8.27. The zero-order chi connectivity index (χ0) is 31.1. The van der Waals surface area contributed by atoms with Crippen LogP contribution in [-0.2, 0) is 0 Å². The topological polar surface area (TPSA) is 127 Å². The molecule has 44 heavy (non-hydrogen) atoms. The van der Waals surface area contributed by atoms with Gasteiger partial charge in [0.1, 0.15) is 23.2 Å². The monoisotopic (exact) mass is 614 g/mol. The third kappa shape index (κ3) is 7.63. The second-order valence-electron chi connectivity index (χ2n) is 11.2. The number of imidazole rings is 1. The molecule has 1 saturated heterocycles. The molecule has 0 bridgehead atoms. The molecule has 5 rings (SSSR count). The number of nitriles is 1. The minimum Gasteiger partial charge on any atom is -0.368 e. The Bertz CT molecular complexity index is 1620. The average molecular weight is 615 g/mol. The molecule has 3 aromatic heterocycles. The summed E-state index contributed by atoms with van der Waals surface area (Å²) in [5.74, 6) is 1.32. The largest absolute Gasteiger partial charge is 0.368 e. The fraction of sp³-hybridized carbons (Fsp3) is 0.406. The number of hydrogen-bond donors (Lipinski definition) is 3. The number of carbonyl (C=O) groups excluding carboxylic acids is 1. The first-order chi connectivity index (χ1) is 21.3. The highest BCUT2D eigenvalue weighted by atomic mass is 35.5. The van der Waals surface area contributed by atoms with E-state index in [9.17, 15) is 4.79 Å². The molecule has 0 spiro atoms. The number of pyridine rings is 1. The highest BCUT2D eigenvalue weighted by Gasteiger charge is 2.19. The van der Waals surface area contributed by atoms with Crippen LogP contribution in [0.2, 0.25) is 5.02 Å². The van der Waals surface area contributed by atoms with E-state index in [1.54, 1.807) is 18.3 Å². The summed E-state index contributed by atoms with van der Waals surface area (Å²) in [6.07, 6.45) is 4.22. The summed E-state index contributed by atoms with van der Waals surface area (Å²) in [4.78, 5) is 31.8. The first-order valence-electron chi connectivity index (χ1n) is 15.1. The Balaban J connectivity index is 1.37. The summed E-state index contributed by atoms with van der Waals surface area (Å²) in [5, 5.41) is 19.4. The molecular weight excluding hydrogens is 576 g/mol. The first kappa shape index (κ1) is 31.2. The lowest BCUT2D eigenvalue weighted by atomic mass is 9.92. The normalized spacial score (nSPS) is 14.7. The molecule has 1 unspecified atom stereocenters. The van der Waals surface area contributed by atoms with Crippen LogP contribution in [-0.4, -0.2) is 94.5 Å². The van der Waals surface area contributed by atoms with Gasteiger partial charge in [0, 0.05) is 81.4 Å². The van der Waals surface area contributed by atoms with Gasteiger partial charge in [-0.3, -0.25) is 14.1 Å². The van der Waals surface area contributed by atoms with Gasteiger partial charge < -0.3 is 20.9 Å². The molecule has 1 fully saturated rings. The van der Waals surface area contributed by atoms with E-state index in [4.69, 9.17) is 26.8 Å². The molecular formula is C32H39ClN10O. The van der Waals surface area contributed by atoms with Gasteiger partial charge >= 0.3 is 0 Å². The van der Waals surface area contributed by atoms with Crippen molar-refractivity contribution >= 4 is 34.9 Å². The smallest absolute Gasteiger partial charge is 0.271 e. The molecule has 1 aliphatic heterocycles. The minimum absolute atomic E-state index is 0.212. The van der Waals surface area contributed by atoms with E-state index >= 15 is 0 Å². The number of carbonyl (C=O) groups is 1. The molecule has 4 heterocycles. The number of nitrogens with one attached hydrogen (secondary N) is 3. The Morgan fingerprint density at radius 3 is 2.59 bits per heavy atom. The maximum atomic E-state index is 13.2. The molecule has 0 aliphatic carbocycles. The third-order valence-electron chi connectivity index (χ3n) is 8.04. The fourth-order valence-corrected chi connectivity index (χ4v) is 5.35. The van der Waals surface area contributed by atoms with Crippen molar-refractivity contribution in [3.63, 3.8) is 0 Å². The number of halogens is 1. The molecule has 0 saturated carbocycles. The summed E-state index contributed by atoms with van der Waals surface area (Å²) < 4.78 is 1.82. The summed E-state index contributed by atoms with van der Waals surface area (Å²) in [6.45, 7) is 10.9. The predicted octanol–water partition coefficient (Wildman–Crippen LogP) is 4.33. The number of fused-ring (bicyclic) bond motifs is 1. The summed E-state index contributed by atoms with van der Waals surface area (Å²) in [5.41, 5.74) is 4.31. The van der Waals surface area contributed by atoms with Crippen LogP contribution < -0.4 is 16.0 Å². The number of likely N-dealkylation sites (N-methyl/N-ethyl adjacent to an activating group) is 1. The van der Waals surface area contributed by atoms with Crippen LogP contribution in [0.4, 0.5) is 11.8 Å². The lowest BCUT2D eigenvalue weighted by Gasteiger charge is -2.32. The van der Waals surface area contributed by atoms with Crippen molar-refractivity contribution in [3.05, 3.63) is 70.6 Å². The van der Waals surface area contributed by atoms with Gasteiger partial charge in [0.05, 0.1) is 11.3 Å². The number of benzene rings is 1. The quantitative estimate of drug-likeness (QED) is 0.200. The van der Waals surface area contributed by atoms with Crippen LogP contribution in [0, 0.1) is 11.3 Å².